The largest absolute Gasteiger partial charge is 0.487 e. The van der Waals surface area contributed by atoms with E-state index in [9.17, 15) is 9.59 Å². The van der Waals surface area contributed by atoms with E-state index in [0.29, 0.717) is 23.0 Å². The second kappa shape index (κ2) is 6.94. The maximum absolute atomic E-state index is 13.2. The van der Waals surface area contributed by atoms with Gasteiger partial charge in [-0.3, -0.25) is 9.59 Å². The minimum absolute atomic E-state index is 0.0961. The molecule has 1 aromatic carbocycles. The highest BCUT2D eigenvalue weighted by atomic mass is 16.5. The lowest BCUT2D eigenvalue weighted by molar-refractivity contribution is -0.122. The zero-order valence-corrected chi connectivity index (χ0v) is 18.8. The predicted molar refractivity (Wildman–Crippen MR) is 123 cm³/mol. The first kappa shape index (κ1) is 20.0. The number of amides is 2. The van der Waals surface area contributed by atoms with Gasteiger partial charge in [-0.1, -0.05) is 0 Å². The van der Waals surface area contributed by atoms with Gasteiger partial charge in [0, 0.05) is 56.5 Å². The molecule has 3 atom stereocenters. The van der Waals surface area contributed by atoms with Gasteiger partial charge in [0.2, 0.25) is 5.91 Å². The van der Waals surface area contributed by atoms with E-state index in [1.165, 1.54) is 6.20 Å². The van der Waals surface area contributed by atoms with Crippen LogP contribution in [0.25, 0.3) is 5.65 Å². The van der Waals surface area contributed by atoms with Crippen molar-refractivity contribution in [3.05, 3.63) is 47.9 Å². The zero-order valence-electron chi connectivity index (χ0n) is 18.8. The summed E-state index contributed by atoms with van der Waals surface area (Å²) >= 11 is 0. The summed E-state index contributed by atoms with van der Waals surface area (Å²) in [6.07, 6.45) is 5.72. The molecule has 2 fully saturated rings. The third kappa shape index (κ3) is 3.21. The molecular weight excluding hydrogens is 420 g/mol. The van der Waals surface area contributed by atoms with Gasteiger partial charge in [-0.25, -0.2) is 9.50 Å². The minimum Gasteiger partial charge on any atom is -0.487 e. The number of carbonyl (C=O) groups is 2. The van der Waals surface area contributed by atoms with Gasteiger partial charge in [0.15, 0.2) is 5.65 Å². The summed E-state index contributed by atoms with van der Waals surface area (Å²) in [7, 11) is 1.69. The smallest absolute Gasteiger partial charge is 0.261 e. The fourth-order valence-electron chi connectivity index (χ4n) is 5.46. The lowest BCUT2D eigenvalue weighted by atomic mass is 10.0. The molecule has 0 spiro atoms. The lowest BCUT2D eigenvalue weighted by Gasteiger charge is -2.25. The summed E-state index contributed by atoms with van der Waals surface area (Å²) in [6, 6.07) is 5.83. The topological polar surface area (TPSA) is 101 Å². The second-order valence-electron chi connectivity index (χ2n) is 9.79. The summed E-state index contributed by atoms with van der Waals surface area (Å²) in [5.41, 5.74) is 3.39. The van der Waals surface area contributed by atoms with Crippen LogP contribution in [0.3, 0.4) is 0 Å². The lowest BCUT2D eigenvalue weighted by Crippen LogP contribution is -2.30. The molecule has 0 radical (unpaired) electrons. The number of fused-ring (bicyclic) bond motifs is 3. The average Bonchev–Trinajstić information content (AvgIpc) is 3.14. The molecule has 2 N–H and O–H groups in total. The van der Waals surface area contributed by atoms with Crippen molar-refractivity contribution in [3.8, 4) is 5.75 Å². The molecule has 4 heterocycles. The Kier molecular flexibility index (Phi) is 4.21. The highest BCUT2D eigenvalue weighted by Crippen LogP contribution is 2.54. The number of benzene rings is 1. The van der Waals surface area contributed by atoms with Crippen LogP contribution in [0.1, 0.15) is 29.8 Å². The Labute approximate surface area is 191 Å². The SMILES string of the molecule is CNC(=O)C1[C@H]2CN(c3cc4c(cc3NC(=O)c3cnn5cccnc35)CC(C)(C)O4)C[C@@H]12. The van der Waals surface area contributed by atoms with Crippen molar-refractivity contribution in [3.63, 3.8) is 0 Å². The molecule has 33 heavy (non-hydrogen) atoms. The monoisotopic (exact) mass is 446 g/mol. The van der Waals surface area contributed by atoms with Crippen molar-refractivity contribution in [1.82, 2.24) is 19.9 Å². The van der Waals surface area contributed by atoms with E-state index in [1.807, 2.05) is 12.1 Å². The minimum atomic E-state index is -0.286. The summed E-state index contributed by atoms with van der Waals surface area (Å²) in [5, 5.41) is 10.1. The van der Waals surface area contributed by atoms with Gasteiger partial charge >= 0.3 is 0 Å². The molecule has 1 saturated carbocycles. The molecule has 0 bridgehead atoms. The van der Waals surface area contributed by atoms with Crippen molar-refractivity contribution in [2.75, 3.05) is 30.4 Å². The highest BCUT2D eigenvalue weighted by molar-refractivity contribution is 6.09. The zero-order chi connectivity index (χ0) is 22.9. The van der Waals surface area contributed by atoms with E-state index in [0.717, 1.165) is 42.2 Å². The van der Waals surface area contributed by atoms with Gasteiger partial charge < -0.3 is 20.3 Å². The van der Waals surface area contributed by atoms with Crippen LogP contribution in [0.15, 0.2) is 36.8 Å². The molecule has 9 heteroatoms. The standard InChI is InChI=1S/C24H26N6O3/c1-24(2)9-13-7-17(28-22(31)14-10-27-30-6-4-5-26-21(14)30)18(8-19(13)33-24)29-11-15-16(12-29)20(15)23(32)25-3/h4-8,10,15-16,20H,9,11-12H2,1-3H3,(H,25,32)(H,28,31)/t15-,16+,20?. The summed E-state index contributed by atoms with van der Waals surface area (Å²) < 4.78 is 7.76. The number of anilines is 2. The van der Waals surface area contributed by atoms with E-state index in [1.54, 1.807) is 30.0 Å². The number of nitrogens with zero attached hydrogens (tertiary/aromatic N) is 4. The maximum Gasteiger partial charge on any atom is 0.261 e. The molecule has 6 rings (SSSR count). The maximum atomic E-state index is 13.2. The fourth-order valence-corrected chi connectivity index (χ4v) is 5.46. The molecule has 1 unspecified atom stereocenters. The number of aromatic nitrogens is 3. The molecule has 2 aromatic heterocycles. The van der Waals surface area contributed by atoms with E-state index >= 15 is 0 Å². The first-order valence-corrected chi connectivity index (χ1v) is 11.3. The van der Waals surface area contributed by atoms with E-state index in [2.05, 4.69) is 39.5 Å². The molecule has 2 aliphatic heterocycles. The second-order valence-corrected chi connectivity index (χ2v) is 9.79. The number of nitrogens with one attached hydrogen (secondary N) is 2. The van der Waals surface area contributed by atoms with Gasteiger partial charge in [-0.05, 0) is 37.8 Å². The van der Waals surface area contributed by atoms with Crippen LogP contribution in [-0.4, -0.2) is 52.2 Å². The van der Waals surface area contributed by atoms with Crippen LogP contribution in [0, 0.1) is 17.8 Å². The van der Waals surface area contributed by atoms with Crippen LogP contribution in [0.5, 0.6) is 5.75 Å². The molecular formula is C24H26N6O3. The van der Waals surface area contributed by atoms with E-state index < -0.39 is 0 Å². The number of piperidine rings is 1. The van der Waals surface area contributed by atoms with Gasteiger partial charge in [-0.2, -0.15) is 5.10 Å². The average molecular weight is 447 g/mol. The third-order valence-electron chi connectivity index (χ3n) is 7.04. The van der Waals surface area contributed by atoms with Crippen LogP contribution >= 0.6 is 0 Å². The van der Waals surface area contributed by atoms with E-state index in [-0.39, 0.29) is 23.3 Å². The molecule has 3 aromatic rings. The van der Waals surface area contributed by atoms with Gasteiger partial charge in [0.25, 0.3) is 5.91 Å². The molecule has 2 amide bonds. The van der Waals surface area contributed by atoms with E-state index in [4.69, 9.17) is 4.74 Å². The van der Waals surface area contributed by atoms with Gasteiger partial charge in [-0.15, -0.1) is 0 Å². The quantitative estimate of drug-likeness (QED) is 0.637. The Bertz CT molecular complexity index is 1290. The van der Waals surface area contributed by atoms with Crippen LogP contribution < -0.4 is 20.3 Å². The summed E-state index contributed by atoms with van der Waals surface area (Å²) in [4.78, 5) is 31.9. The summed E-state index contributed by atoms with van der Waals surface area (Å²) in [5.74, 6) is 1.52. The fraction of sp³-hybridized carbons (Fsp3) is 0.417. The highest BCUT2D eigenvalue weighted by Gasteiger charge is 2.59. The Balaban J connectivity index is 1.32. The van der Waals surface area contributed by atoms with Crippen LogP contribution in [0.4, 0.5) is 11.4 Å². The van der Waals surface area contributed by atoms with Crippen molar-refractivity contribution < 1.29 is 14.3 Å². The Morgan fingerprint density at radius 3 is 2.76 bits per heavy atom. The van der Waals surface area contributed by atoms with Crippen molar-refractivity contribution in [1.29, 1.82) is 0 Å². The molecule has 1 aliphatic carbocycles. The number of carbonyl (C=O) groups excluding carboxylic acids is 2. The normalized spacial score (nSPS) is 24.2. The van der Waals surface area contributed by atoms with Crippen molar-refractivity contribution >= 4 is 28.8 Å². The third-order valence-corrected chi connectivity index (χ3v) is 7.04. The first-order valence-electron chi connectivity index (χ1n) is 11.3. The Hall–Kier alpha value is -3.62. The molecule has 3 aliphatic rings. The molecule has 1 saturated heterocycles. The summed E-state index contributed by atoms with van der Waals surface area (Å²) in [6.45, 7) is 5.70. The predicted octanol–water partition coefficient (Wildman–Crippen LogP) is 2.12. The van der Waals surface area contributed by atoms with Crippen molar-refractivity contribution in [2.24, 2.45) is 17.8 Å². The van der Waals surface area contributed by atoms with Crippen LogP contribution in [0.2, 0.25) is 0 Å². The van der Waals surface area contributed by atoms with Crippen molar-refractivity contribution in [2.45, 2.75) is 25.9 Å². The van der Waals surface area contributed by atoms with Crippen LogP contribution in [-0.2, 0) is 11.2 Å². The Morgan fingerprint density at radius 2 is 2.00 bits per heavy atom. The number of hydrogen-bond donors (Lipinski definition) is 2. The Morgan fingerprint density at radius 1 is 1.21 bits per heavy atom. The number of rotatable bonds is 4. The van der Waals surface area contributed by atoms with Gasteiger partial charge in [0.1, 0.15) is 16.9 Å². The molecule has 9 nitrogen and oxygen atoms in total. The molecule has 170 valence electrons. The number of ether oxygens (including phenoxy) is 1. The number of hydrogen-bond acceptors (Lipinski definition) is 6. The first-order chi connectivity index (χ1) is 15.8. The van der Waals surface area contributed by atoms with Gasteiger partial charge in [0.05, 0.1) is 17.6 Å².